The van der Waals surface area contributed by atoms with Gasteiger partial charge in [-0.15, -0.1) is 0 Å². The lowest BCUT2D eigenvalue weighted by Crippen LogP contribution is -2.48. The summed E-state index contributed by atoms with van der Waals surface area (Å²) < 4.78 is 22.4. The molecule has 2 aromatic rings. The Labute approximate surface area is 196 Å². The molecule has 0 radical (unpaired) electrons. The number of fused-ring (bicyclic) bond motifs is 1. The molecule has 2 aliphatic rings. The molecular weight excluding hydrogens is 420 g/mol. The first-order valence-corrected chi connectivity index (χ1v) is 11.9. The summed E-state index contributed by atoms with van der Waals surface area (Å²) in [6, 6.07) is 14.3. The van der Waals surface area contributed by atoms with Crippen LogP contribution in [0, 0.1) is 0 Å². The molecule has 0 spiro atoms. The fourth-order valence-electron chi connectivity index (χ4n) is 4.30. The zero-order valence-electron chi connectivity index (χ0n) is 19.7. The van der Waals surface area contributed by atoms with Crippen molar-refractivity contribution >= 4 is 0 Å². The average Bonchev–Trinajstić information content (AvgIpc) is 3.28. The van der Waals surface area contributed by atoms with Crippen LogP contribution in [-0.2, 0) is 11.3 Å². The number of piperazine rings is 1. The monoisotopic (exact) mass is 456 g/mol. The topological polar surface area (TPSA) is 63.6 Å². The lowest BCUT2D eigenvalue weighted by molar-refractivity contribution is -0.000510. The molecule has 2 aromatic carbocycles. The zero-order valence-corrected chi connectivity index (χ0v) is 19.7. The third-order valence-electron chi connectivity index (χ3n) is 6.11. The Kier molecular flexibility index (Phi) is 8.45. The Balaban J connectivity index is 1.09. The van der Waals surface area contributed by atoms with E-state index in [1.807, 2.05) is 24.3 Å². The highest BCUT2D eigenvalue weighted by Crippen LogP contribution is 2.33. The molecule has 4 rings (SSSR count). The average molecular weight is 457 g/mol. The van der Waals surface area contributed by atoms with Gasteiger partial charge in [-0.1, -0.05) is 38.1 Å². The number of hydrogen-bond acceptors (Lipinski definition) is 7. The van der Waals surface area contributed by atoms with Crippen molar-refractivity contribution in [2.45, 2.75) is 32.4 Å². The largest absolute Gasteiger partial charge is 0.491 e. The van der Waals surface area contributed by atoms with E-state index in [0.717, 1.165) is 50.0 Å². The van der Waals surface area contributed by atoms with Crippen LogP contribution < -0.4 is 14.2 Å². The van der Waals surface area contributed by atoms with Crippen molar-refractivity contribution < 1.29 is 24.1 Å². The molecule has 180 valence electrons. The van der Waals surface area contributed by atoms with Crippen LogP contribution in [0.2, 0.25) is 0 Å². The standard InChI is InChI=1S/C26H36N2O5/c1-20(2)23-5-3-4-6-24(23)31-14-13-30-18-22(29)17-28-11-9-27(10-12-28)16-21-7-8-25-26(15-21)33-19-32-25/h3-8,15,20,22,29H,9-14,16-19H2,1-2H3/t22-/m0/s1. The Morgan fingerprint density at radius 3 is 2.52 bits per heavy atom. The van der Waals surface area contributed by atoms with Gasteiger partial charge >= 0.3 is 0 Å². The van der Waals surface area contributed by atoms with E-state index in [-0.39, 0.29) is 0 Å². The second kappa shape index (κ2) is 11.7. The summed E-state index contributed by atoms with van der Waals surface area (Å²) in [6.07, 6.45) is -0.492. The van der Waals surface area contributed by atoms with Crippen molar-refractivity contribution in [1.82, 2.24) is 9.80 Å². The summed E-state index contributed by atoms with van der Waals surface area (Å²) in [4.78, 5) is 4.74. The number of aliphatic hydroxyl groups is 1. The SMILES string of the molecule is CC(C)c1ccccc1OCCOC[C@@H](O)CN1CCN(Cc2ccc3c(c2)OCO3)CC1. The van der Waals surface area contributed by atoms with Crippen LogP contribution in [-0.4, -0.2) is 80.3 Å². The predicted molar refractivity (Wildman–Crippen MR) is 127 cm³/mol. The van der Waals surface area contributed by atoms with Crippen LogP contribution in [0.5, 0.6) is 17.2 Å². The van der Waals surface area contributed by atoms with Crippen molar-refractivity contribution in [3.63, 3.8) is 0 Å². The molecule has 0 aliphatic carbocycles. The first-order valence-electron chi connectivity index (χ1n) is 11.9. The Morgan fingerprint density at radius 1 is 0.939 bits per heavy atom. The Hall–Kier alpha value is -2.32. The molecule has 33 heavy (non-hydrogen) atoms. The number of hydrogen-bond donors (Lipinski definition) is 1. The van der Waals surface area contributed by atoms with Gasteiger partial charge in [0, 0.05) is 39.3 Å². The van der Waals surface area contributed by atoms with Crippen LogP contribution in [0.1, 0.15) is 30.9 Å². The molecule has 2 heterocycles. The molecule has 1 N–H and O–H groups in total. The van der Waals surface area contributed by atoms with E-state index in [1.165, 1.54) is 11.1 Å². The van der Waals surface area contributed by atoms with Gasteiger partial charge in [-0.2, -0.15) is 0 Å². The number of rotatable bonds is 11. The first-order chi connectivity index (χ1) is 16.1. The van der Waals surface area contributed by atoms with Crippen molar-refractivity contribution in [2.75, 3.05) is 59.3 Å². The molecular formula is C26H36N2O5. The minimum absolute atomic E-state index is 0.308. The summed E-state index contributed by atoms with van der Waals surface area (Å²) in [6.45, 7) is 11.3. The van der Waals surface area contributed by atoms with E-state index in [9.17, 15) is 5.11 Å². The number of nitrogens with zero attached hydrogens (tertiary/aromatic N) is 2. The van der Waals surface area contributed by atoms with Crippen molar-refractivity contribution in [1.29, 1.82) is 0 Å². The molecule has 0 aromatic heterocycles. The maximum atomic E-state index is 10.4. The van der Waals surface area contributed by atoms with Gasteiger partial charge in [0.1, 0.15) is 12.4 Å². The van der Waals surface area contributed by atoms with E-state index in [2.05, 4.69) is 41.8 Å². The second-order valence-corrected chi connectivity index (χ2v) is 9.03. The van der Waals surface area contributed by atoms with E-state index >= 15 is 0 Å². The summed E-state index contributed by atoms with van der Waals surface area (Å²) in [5, 5.41) is 10.4. The Bertz CT molecular complexity index is 883. The summed E-state index contributed by atoms with van der Waals surface area (Å²) >= 11 is 0. The van der Waals surface area contributed by atoms with Crippen LogP contribution in [0.3, 0.4) is 0 Å². The molecule has 1 atom stereocenters. The number of aliphatic hydroxyl groups excluding tert-OH is 1. The van der Waals surface area contributed by atoms with E-state index in [4.69, 9.17) is 18.9 Å². The van der Waals surface area contributed by atoms with Crippen LogP contribution >= 0.6 is 0 Å². The number of benzene rings is 2. The number of β-amino-alcohol motifs (C(OH)–C–C–N with tert-alkyl or cyclic N) is 1. The van der Waals surface area contributed by atoms with Gasteiger partial charge in [-0.05, 0) is 35.2 Å². The van der Waals surface area contributed by atoms with Gasteiger partial charge in [0.15, 0.2) is 11.5 Å². The molecule has 0 bridgehead atoms. The van der Waals surface area contributed by atoms with E-state index in [1.54, 1.807) is 0 Å². The van der Waals surface area contributed by atoms with E-state index in [0.29, 0.717) is 39.1 Å². The van der Waals surface area contributed by atoms with Gasteiger partial charge in [0.25, 0.3) is 0 Å². The molecule has 7 nitrogen and oxygen atoms in total. The van der Waals surface area contributed by atoms with Crippen molar-refractivity contribution in [2.24, 2.45) is 0 Å². The van der Waals surface area contributed by atoms with Crippen LogP contribution in [0.15, 0.2) is 42.5 Å². The maximum absolute atomic E-state index is 10.4. The van der Waals surface area contributed by atoms with Gasteiger partial charge in [-0.3, -0.25) is 9.80 Å². The maximum Gasteiger partial charge on any atom is 0.231 e. The van der Waals surface area contributed by atoms with Gasteiger partial charge < -0.3 is 24.1 Å². The zero-order chi connectivity index (χ0) is 23.0. The fourth-order valence-corrected chi connectivity index (χ4v) is 4.30. The molecule has 1 saturated heterocycles. The van der Waals surface area contributed by atoms with Crippen LogP contribution in [0.4, 0.5) is 0 Å². The highest BCUT2D eigenvalue weighted by molar-refractivity contribution is 5.44. The summed E-state index contributed by atoms with van der Waals surface area (Å²) in [5.41, 5.74) is 2.44. The fraction of sp³-hybridized carbons (Fsp3) is 0.538. The Morgan fingerprint density at radius 2 is 1.70 bits per heavy atom. The minimum Gasteiger partial charge on any atom is -0.491 e. The normalized spacial score (nSPS) is 17.5. The highest BCUT2D eigenvalue weighted by Gasteiger charge is 2.20. The summed E-state index contributed by atoms with van der Waals surface area (Å²) in [5.74, 6) is 2.99. The molecule has 0 unspecified atom stereocenters. The van der Waals surface area contributed by atoms with Crippen LogP contribution in [0.25, 0.3) is 0 Å². The quantitative estimate of drug-likeness (QED) is 0.521. The molecule has 0 saturated carbocycles. The van der Waals surface area contributed by atoms with Crippen molar-refractivity contribution in [3.8, 4) is 17.2 Å². The lowest BCUT2D eigenvalue weighted by Gasteiger charge is -2.35. The second-order valence-electron chi connectivity index (χ2n) is 9.03. The minimum atomic E-state index is -0.492. The van der Waals surface area contributed by atoms with Gasteiger partial charge in [-0.25, -0.2) is 0 Å². The molecule has 1 fully saturated rings. The third-order valence-corrected chi connectivity index (χ3v) is 6.11. The lowest BCUT2D eigenvalue weighted by atomic mass is 10.0. The van der Waals surface area contributed by atoms with Gasteiger partial charge in [0.2, 0.25) is 6.79 Å². The number of para-hydroxylation sites is 1. The number of ether oxygens (including phenoxy) is 4. The predicted octanol–water partition coefficient (Wildman–Crippen LogP) is 3.11. The van der Waals surface area contributed by atoms with Gasteiger partial charge in [0.05, 0.1) is 19.3 Å². The molecule has 0 amide bonds. The summed E-state index contributed by atoms with van der Waals surface area (Å²) in [7, 11) is 0. The smallest absolute Gasteiger partial charge is 0.231 e. The van der Waals surface area contributed by atoms with E-state index < -0.39 is 6.10 Å². The molecule has 2 aliphatic heterocycles. The van der Waals surface area contributed by atoms with Crippen molar-refractivity contribution in [3.05, 3.63) is 53.6 Å². The first kappa shape index (κ1) is 23.8. The third kappa shape index (κ3) is 6.84. The molecule has 7 heteroatoms. The highest BCUT2D eigenvalue weighted by atomic mass is 16.7.